The molecule has 0 spiro atoms. The fraction of sp³-hybridized carbons (Fsp3) is 0.983. The van der Waals surface area contributed by atoms with Crippen LogP contribution < -0.4 is 5.32 Å². The van der Waals surface area contributed by atoms with Crippen LogP contribution in [0, 0.1) is 0 Å². The maximum absolute atomic E-state index is 12.6. The van der Waals surface area contributed by atoms with Gasteiger partial charge in [0.1, 0.15) is 6.10 Å². The second kappa shape index (κ2) is 55.9. The summed E-state index contributed by atoms with van der Waals surface area (Å²) in [6, 6.07) is -0.708. The third kappa shape index (κ3) is 51.0. The normalized spacial score (nSPS) is 13.1. The van der Waals surface area contributed by atoms with Crippen LogP contribution in [-0.2, 0) is 4.79 Å². The first-order valence-corrected chi connectivity index (χ1v) is 30.3. The molecule has 3 unspecified atom stereocenters. The Morgan fingerprint density at radius 1 is 0.308 bits per heavy atom. The lowest BCUT2D eigenvalue weighted by Crippen LogP contribution is -2.49. The molecule has 0 saturated carbocycles. The second-order valence-electron chi connectivity index (χ2n) is 21.3. The molecule has 5 nitrogen and oxygen atoms in total. The number of nitrogens with one attached hydrogen (secondary N) is 1. The molecule has 4 N–H and O–H groups in total. The van der Waals surface area contributed by atoms with Crippen molar-refractivity contribution in [3.8, 4) is 0 Å². The minimum Gasteiger partial charge on any atom is -0.394 e. The molecule has 0 rings (SSSR count). The maximum Gasteiger partial charge on any atom is 0.249 e. The van der Waals surface area contributed by atoms with Gasteiger partial charge in [0, 0.05) is 0 Å². The van der Waals surface area contributed by atoms with Crippen LogP contribution in [0.3, 0.4) is 0 Å². The Labute approximate surface area is 408 Å². The van der Waals surface area contributed by atoms with Gasteiger partial charge in [0.15, 0.2) is 0 Å². The number of amides is 1. The Hall–Kier alpha value is -0.650. The second-order valence-corrected chi connectivity index (χ2v) is 21.3. The number of unbranched alkanes of at least 4 members (excludes halogenated alkanes) is 49. The maximum atomic E-state index is 12.6. The molecule has 0 aliphatic rings. The Bertz CT molecular complexity index is 883. The minimum absolute atomic E-state index is 0.307. The van der Waals surface area contributed by atoms with Crippen molar-refractivity contribution in [2.24, 2.45) is 0 Å². The standard InChI is InChI=1S/C60H121NO4/c1-3-5-7-9-11-13-15-17-19-21-23-25-26-27-28-29-30-31-32-33-34-35-37-39-41-43-45-47-49-51-53-55-59(64)60(65)61-57(56-62)58(63)54-52-50-48-46-44-42-40-38-36-24-22-20-18-16-14-12-10-8-6-4-2/h57-59,62-64H,3-56H2,1-2H3,(H,61,65). The molecule has 0 radical (unpaired) electrons. The van der Waals surface area contributed by atoms with E-state index < -0.39 is 24.2 Å². The van der Waals surface area contributed by atoms with E-state index in [1.165, 1.54) is 295 Å². The van der Waals surface area contributed by atoms with Crippen molar-refractivity contribution in [2.45, 2.75) is 372 Å². The summed E-state index contributed by atoms with van der Waals surface area (Å²) >= 11 is 0. The summed E-state index contributed by atoms with van der Waals surface area (Å²) in [6.45, 7) is 4.28. The zero-order valence-corrected chi connectivity index (χ0v) is 44.7. The van der Waals surface area contributed by atoms with Crippen LogP contribution in [0.2, 0.25) is 0 Å². The third-order valence-corrected chi connectivity index (χ3v) is 14.7. The van der Waals surface area contributed by atoms with E-state index in [0.29, 0.717) is 12.8 Å². The van der Waals surface area contributed by atoms with E-state index in [1.807, 2.05) is 0 Å². The molecule has 3 atom stereocenters. The first-order chi connectivity index (χ1) is 32.1. The average molecular weight is 921 g/mol. The molecule has 0 bridgehead atoms. The predicted octanol–water partition coefficient (Wildman–Crippen LogP) is 18.9. The van der Waals surface area contributed by atoms with Gasteiger partial charge in [0.05, 0.1) is 18.8 Å². The number of carbonyl (C=O) groups excluding carboxylic acids is 1. The van der Waals surface area contributed by atoms with Crippen LogP contribution >= 0.6 is 0 Å². The van der Waals surface area contributed by atoms with E-state index in [0.717, 1.165) is 32.1 Å². The summed E-state index contributed by atoms with van der Waals surface area (Å²) < 4.78 is 0. The molecular weight excluding hydrogens is 799 g/mol. The first kappa shape index (κ1) is 64.3. The van der Waals surface area contributed by atoms with Gasteiger partial charge in [0.2, 0.25) is 5.91 Å². The number of hydrogen-bond acceptors (Lipinski definition) is 4. The van der Waals surface area contributed by atoms with Gasteiger partial charge in [0.25, 0.3) is 0 Å². The predicted molar refractivity (Wildman–Crippen MR) is 287 cm³/mol. The van der Waals surface area contributed by atoms with Crippen LogP contribution in [0.4, 0.5) is 0 Å². The Morgan fingerprint density at radius 2 is 0.492 bits per heavy atom. The number of rotatable bonds is 57. The lowest BCUT2D eigenvalue weighted by Gasteiger charge is -2.23. The highest BCUT2D eigenvalue weighted by Crippen LogP contribution is 2.19. The summed E-state index contributed by atoms with van der Waals surface area (Å²) in [7, 11) is 0. The smallest absolute Gasteiger partial charge is 0.249 e. The van der Waals surface area contributed by atoms with E-state index in [-0.39, 0.29) is 6.61 Å². The SMILES string of the molecule is CCCCCCCCCCCCCCCCCCCCCCCCCCCCCCCCCC(O)C(=O)NC(CO)C(O)CCCCCCCCCCCCCCCCCCCCCC. The van der Waals surface area contributed by atoms with E-state index in [9.17, 15) is 20.1 Å². The molecule has 0 saturated heterocycles. The molecule has 5 heteroatoms. The zero-order chi connectivity index (χ0) is 47.2. The van der Waals surface area contributed by atoms with E-state index in [4.69, 9.17) is 0 Å². The van der Waals surface area contributed by atoms with Gasteiger partial charge < -0.3 is 20.6 Å². The van der Waals surface area contributed by atoms with Crippen molar-refractivity contribution >= 4 is 5.91 Å². The lowest BCUT2D eigenvalue weighted by atomic mass is 10.0. The number of aliphatic hydroxyl groups excluding tert-OH is 3. The topological polar surface area (TPSA) is 89.8 Å². The molecule has 1 amide bonds. The monoisotopic (exact) mass is 920 g/mol. The van der Waals surface area contributed by atoms with Crippen molar-refractivity contribution in [1.82, 2.24) is 5.32 Å². The van der Waals surface area contributed by atoms with Crippen LogP contribution in [0.5, 0.6) is 0 Å². The van der Waals surface area contributed by atoms with Gasteiger partial charge >= 0.3 is 0 Å². The van der Waals surface area contributed by atoms with Crippen molar-refractivity contribution < 1.29 is 20.1 Å². The van der Waals surface area contributed by atoms with E-state index in [1.54, 1.807) is 0 Å². The van der Waals surface area contributed by atoms with Crippen LogP contribution in [0.15, 0.2) is 0 Å². The quantitative estimate of drug-likeness (QED) is 0.0458. The summed E-state index contributed by atoms with van der Waals surface area (Å²) in [5, 5.41) is 33.6. The van der Waals surface area contributed by atoms with Gasteiger partial charge in [-0.25, -0.2) is 0 Å². The van der Waals surface area contributed by atoms with Crippen molar-refractivity contribution in [3.63, 3.8) is 0 Å². The Kier molecular flexibility index (Phi) is 55.4. The summed E-state index contributed by atoms with van der Waals surface area (Å²) in [5.74, 6) is -0.461. The molecule has 0 heterocycles. The highest BCUT2D eigenvalue weighted by Gasteiger charge is 2.23. The fourth-order valence-corrected chi connectivity index (χ4v) is 10.0. The molecule has 0 aliphatic carbocycles. The molecular formula is C60H121NO4. The van der Waals surface area contributed by atoms with Crippen molar-refractivity contribution in [1.29, 1.82) is 0 Å². The molecule has 0 aromatic heterocycles. The number of carbonyl (C=O) groups is 1. The molecule has 390 valence electrons. The van der Waals surface area contributed by atoms with E-state index in [2.05, 4.69) is 19.2 Å². The average Bonchev–Trinajstić information content (AvgIpc) is 3.31. The van der Waals surface area contributed by atoms with Crippen LogP contribution in [0.1, 0.15) is 354 Å². The number of hydrogen-bond donors (Lipinski definition) is 4. The summed E-state index contributed by atoms with van der Waals surface area (Å²) in [5.41, 5.74) is 0. The molecule has 0 fully saturated rings. The van der Waals surface area contributed by atoms with Crippen molar-refractivity contribution in [3.05, 3.63) is 0 Å². The largest absolute Gasteiger partial charge is 0.394 e. The molecule has 0 aromatic carbocycles. The third-order valence-electron chi connectivity index (χ3n) is 14.7. The molecule has 0 aliphatic heterocycles. The minimum atomic E-state index is -1.07. The van der Waals surface area contributed by atoms with Crippen molar-refractivity contribution in [2.75, 3.05) is 6.61 Å². The van der Waals surface area contributed by atoms with Gasteiger partial charge in [-0.05, 0) is 12.8 Å². The fourth-order valence-electron chi connectivity index (χ4n) is 10.0. The first-order valence-electron chi connectivity index (χ1n) is 30.3. The lowest BCUT2D eigenvalue weighted by molar-refractivity contribution is -0.131. The number of aliphatic hydroxyl groups is 3. The zero-order valence-electron chi connectivity index (χ0n) is 44.7. The van der Waals surface area contributed by atoms with Gasteiger partial charge in [-0.3, -0.25) is 4.79 Å². The molecule has 65 heavy (non-hydrogen) atoms. The van der Waals surface area contributed by atoms with Crippen LogP contribution in [0.25, 0.3) is 0 Å². The Balaban J connectivity index is 3.45. The summed E-state index contributed by atoms with van der Waals surface area (Å²) in [6.07, 6.45) is 68.9. The highest BCUT2D eigenvalue weighted by molar-refractivity contribution is 5.80. The van der Waals surface area contributed by atoms with E-state index >= 15 is 0 Å². The molecule has 0 aromatic rings. The Morgan fingerprint density at radius 3 is 0.692 bits per heavy atom. The van der Waals surface area contributed by atoms with Crippen LogP contribution in [-0.4, -0.2) is 46.1 Å². The van der Waals surface area contributed by atoms with Gasteiger partial charge in [-0.2, -0.15) is 0 Å². The highest BCUT2D eigenvalue weighted by atomic mass is 16.3. The summed E-state index contributed by atoms with van der Waals surface area (Å²) in [4.78, 5) is 12.6. The van der Waals surface area contributed by atoms with Gasteiger partial charge in [-0.1, -0.05) is 341 Å². The van der Waals surface area contributed by atoms with Gasteiger partial charge in [-0.15, -0.1) is 0 Å².